The molecule has 0 radical (unpaired) electrons. The topological polar surface area (TPSA) is 113 Å². The number of nitrogens with one attached hydrogen (secondary N) is 2. The van der Waals surface area contributed by atoms with Crippen molar-refractivity contribution in [3.8, 4) is 5.69 Å². The number of nitrogens with zero attached hydrogens (tertiary/aromatic N) is 2. The first-order valence-corrected chi connectivity index (χ1v) is 8.31. The summed E-state index contributed by atoms with van der Waals surface area (Å²) in [4.78, 5) is 34.8. The minimum Gasteiger partial charge on any atom is -0.476 e. The van der Waals surface area contributed by atoms with Gasteiger partial charge >= 0.3 is 5.97 Å². The standard InChI is InChI=1S/C18H22N4O4/c1-12(2)7-8-16(23)19-11-17(24)20-13-5-3-4-6-15(13)22-10-9-14(21-22)18(25)26/h3-6,9-10,12H,7-8,11H2,1-2H3,(H,19,23)(H,20,24)(H,25,26). The van der Waals surface area contributed by atoms with Crippen LogP contribution in [0.15, 0.2) is 36.5 Å². The molecule has 8 heteroatoms. The zero-order valence-corrected chi connectivity index (χ0v) is 14.7. The Kier molecular flexibility index (Phi) is 6.48. The number of aromatic carboxylic acids is 1. The van der Waals surface area contributed by atoms with E-state index < -0.39 is 5.97 Å². The molecule has 0 aliphatic carbocycles. The van der Waals surface area contributed by atoms with E-state index in [9.17, 15) is 14.4 Å². The Morgan fingerprint density at radius 3 is 2.54 bits per heavy atom. The van der Waals surface area contributed by atoms with Crippen molar-refractivity contribution in [2.45, 2.75) is 26.7 Å². The molecule has 2 amide bonds. The van der Waals surface area contributed by atoms with Crippen molar-refractivity contribution < 1.29 is 19.5 Å². The third-order valence-electron chi connectivity index (χ3n) is 3.63. The molecule has 0 fully saturated rings. The quantitative estimate of drug-likeness (QED) is 0.668. The van der Waals surface area contributed by atoms with Crippen LogP contribution in [-0.4, -0.2) is 39.2 Å². The van der Waals surface area contributed by atoms with Crippen LogP contribution >= 0.6 is 0 Å². The predicted molar refractivity (Wildman–Crippen MR) is 96.2 cm³/mol. The number of carbonyl (C=O) groups is 3. The molecule has 0 saturated carbocycles. The number of carboxylic acid groups (broad SMARTS) is 1. The van der Waals surface area contributed by atoms with E-state index in [0.29, 0.717) is 23.7 Å². The number of rotatable bonds is 8. The van der Waals surface area contributed by atoms with Gasteiger partial charge in [0.25, 0.3) is 0 Å². The first-order valence-electron chi connectivity index (χ1n) is 8.31. The van der Waals surface area contributed by atoms with Gasteiger partial charge in [-0.05, 0) is 30.5 Å². The van der Waals surface area contributed by atoms with Crippen molar-refractivity contribution in [1.82, 2.24) is 15.1 Å². The van der Waals surface area contributed by atoms with Crippen molar-refractivity contribution in [2.24, 2.45) is 5.92 Å². The molecule has 2 aromatic rings. The van der Waals surface area contributed by atoms with Crippen LogP contribution in [0.3, 0.4) is 0 Å². The van der Waals surface area contributed by atoms with E-state index in [0.717, 1.165) is 6.42 Å². The van der Waals surface area contributed by atoms with Gasteiger partial charge in [0.2, 0.25) is 11.8 Å². The SMILES string of the molecule is CC(C)CCC(=O)NCC(=O)Nc1ccccc1-n1ccc(C(=O)O)n1. The second-order valence-electron chi connectivity index (χ2n) is 6.23. The third kappa shape index (κ3) is 5.44. The highest BCUT2D eigenvalue weighted by atomic mass is 16.4. The highest BCUT2D eigenvalue weighted by molar-refractivity contribution is 5.96. The zero-order valence-electron chi connectivity index (χ0n) is 14.7. The van der Waals surface area contributed by atoms with E-state index in [4.69, 9.17) is 5.11 Å². The van der Waals surface area contributed by atoms with Gasteiger partial charge in [-0.15, -0.1) is 0 Å². The molecule has 0 spiro atoms. The number of benzene rings is 1. The largest absolute Gasteiger partial charge is 0.476 e. The Morgan fingerprint density at radius 1 is 1.15 bits per heavy atom. The predicted octanol–water partition coefficient (Wildman–Crippen LogP) is 2.06. The summed E-state index contributed by atoms with van der Waals surface area (Å²) in [7, 11) is 0. The third-order valence-corrected chi connectivity index (χ3v) is 3.63. The maximum Gasteiger partial charge on any atom is 0.356 e. The number of hydrogen-bond donors (Lipinski definition) is 3. The number of para-hydroxylation sites is 2. The van der Waals surface area contributed by atoms with E-state index in [1.165, 1.54) is 16.9 Å². The van der Waals surface area contributed by atoms with Gasteiger partial charge in [-0.1, -0.05) is 26.0 Å². The van der Waals surface area contributed by atoms with Gasteiger partial charge in [0.05, 0.1) is 17.9 Å². The average Bonchev–Trinajstić information content (AvgIpc) is 3.09. The first-order chi connectivity index (χ1) is 12.4. The molecule has 26 heavy (non-hydrogen) atoms. The molecule has 0 unspecified atom stereocenters. The summed E-state index contributed by atoms with van der Waals surface area (Å²) in [6, 6.07) is 8.24. The highest BCUT2D eigenvalue weighted by Gasteiger charge is 2.12. The Bertz CT molecular complexity index is 798. The molecule has 0 atom stereocenters. The number of amides is 2. The van der Waals surface area contributed by atoms with E-state index in [1.807, 2.05) is 13.8 Å². The number of carboxylic acids is 1. The monoisotopic (exact) mass is 358 g/mol. The van der Waals surface area contributed by atoms with Crippen LogP contribution in [-0.2, 0) is 9.59 Å². The van der Waals surface area contributed by atoms with Crippen LogP contribution in [0.25, 0.3) is 5.69 Å². The van der Waals surface area contributed by atoms with Crippen LogP contribution in [0.2, 0.25) is 0 Å². The lowest BCUT2D eigenvalue weighted by Crippen LogP contribution is -2.33. The molecule has 1 heterocycles. The van der Waals surface area contributed by atoms with Crippen LogP contribution in [0, 0.1) is 5.92 Å². The fraction of sp³-hybridized carbons (Fsp3) is 0.333. The minimum atomic E-state index is -1.13. The van der Waals surface area contributed by atoms with E-state index >= 15 is 0 Å². The van der Waals surface area contributed by atoms with Crippen molar-refractivity contribution >= 4 is 23.5 Å². The summed E-state index contributed by atoms with van der Waals surface area (Å²) in [5.41, 5.74) is 0.900. The van der Waals surface area contributed by atoms with Crippen molar-refractivity contribution in [3.05, 3.63) is 42.2 Å². The summed E-state index contributed by atoms with van der Waals surface area (Å²) in [5.74, 6) is -1.25. The average molecular weight is 358 g/mol. The molecular formula is C18H22N4O4. The molecule has 0 saturated heterocycles. The van der Waals surface area contributed by atoms with Crippen LogP contribution in [0.1, 0.15) is 37.2 Å². The van der Waals surface area contributed by atoms with Gasteiger partial charge in [0.1, 0.15) is 0 Å². The van der Waals surface area contributed by atoms with Gasteiger partial charge in [0, 0.05) is 12.6 Å². The highest BCUT2D eigenvalue weighted by Crippen LogP contribution is 2.19. The molecule has 8 nitrogen and oxygen atoms in total. The molecular weight excluding hydrogens is 336 g/mol. The Hall–Kier alpha value is -3.16. The number of aromatic nitrogens is 2. The lowest BCUT2D eigenvalue weighted by Gasteiger charge is -2.12. The maximum absolute atomic E-state index is 12.1. The molecule has 0 bridgehead atoms. The summed E-state index contributed by atoms with van der Waals surface area (Å²) < 4.78 is 1.38. The first kappa shape index (κ1) is 19.2. The van der Waals surface area contributed by atoms with E-state index in [-0.39, 0.29) is 24.1 Å². The molecule has 0 aliphatic heterocycles. The second kappa shape index (κ2) is 8.80. The Labute approximate surface area is 151 Å². The molecule has 2 rings (SSSR count). The second-order valence-corrected chi connectivity index (χ2v) is 6.23. The summed E-state index contributed by atoms with van der Waals surface area (Å²) >= 11 is 0. The fourth-order valence-corrected chi connectivity index (χ4v) is 2.23. The van der Waals surface area contributed by atoms with Crippen molar-refractivity contribution in [2.75, 3.05) is 11.9 Å². The van der Waals surface area contributed by atoms with Gasteiger partial charge in [-0.25, -0.2) is 9.48 Å². The van der Waals surface area contributed by atoms with Crippen molar-refractivity contribution in [1.29, 1.82) is 0 Å². The minimum absolute atomic E-state index is 0.0939. The van der Waals surface area contributed by atoms with Gasteiger partial charge < -0.3 is 15.7 Å². The van der Waals surface area contributed by atoms with Crippen LogP contribution in [0.5, 0.6) is 0 Å². The van der Waals surface area contributed by atoms with Gasteiger partial charge in [0.15, 0.2) is 5.69 Å². The van der Waals surface area contributed by atoms with Gasteiger partial charge in [-0.2, -0.15) is 5.10 Å². The maximum atomic E-state index is 12.1. The molecule has 1 aromatic carbocycles. The normalized spacial score (nSPS) is 10.6. The Balaban J connectivity index is 2.00. The lowest BCUT2D eigenvalue weighted by molar-refractivity contribution is -0.124. The van der Waals surface area contributed by atoms with E-state index in [1.54, 1.807) is 24.3 Å². The number of anilines is 1. The number of carbonyl (C=O) groups excluding carboxylic acids is 2. The lowest BCUT2D eigenvalue weighted by atomic mass is 10.1. The number of hydrogen-bond acceptors (Lipinski definition) is 4. The Morgan fingerprint density at radius 2 is 1.88 bits per heavy atom. The summed E-state index contributed by atoms with van der Waals surface area (Å²) in [6.45, 7) is 3.93. The molecule has 3 N–H and O–H groups in total. The van der Waals surface area contributed by atoms with Crippen molar-refractivity contribution in [3.63, 3.8) is 0 Å². The van der Waals surface area contributed by atoms with Gasteiger partial charge in [-0.3, -0.25) is 9.59 Å². The van der Waals surface area contributed by atoms with Crippen LogP contribution in [0.4, 0.5) is 5.69 Å². The molecule has 0 aliphatic rings. The zero-order chi connectivity index (χ0) is 19.1. The molecule has 1 aromatic heterocycles. The van der Waals surface area contributed by atoms with E-state index in [2.05, 4.69) is 15.7 Å². The smallest absolute Gasteiger partial charge is 0.356 e. The fourth-order valence-electron chi connectivity index (χ4n) is 2.23. The summed E-state index contributed by atoms with van der Waals surface area (Å²) in [6.07, 6.45) is 2.65. The summed E-state index contributed by atoms with van der Waals surface area (Å²) in [5, 5.41) is 18.2. The molecule has 138 valence electrons. The van der Waals surface area contributed by atoms with Crippen LogP contribution < -0.4 is 10.6 Å².